The van der Waals surface area contributed by atoms with Gasteiger partial charge in [0.15, 0.2) is 0 Å². The van der Waals surface area contributed by atoms with Gasteiger partial charge in [0.1, 0.15) is 23.3 Å². The van der Waals surface area contributed by atoms with Crippen molar-refractivity contribution in [3.8, 4) is 17.2 Å². The molecule has 1 aromatic heterocycles. The molecule has 0 radical (unpaired) electrons. The van der Waals surface area contributed by atoms with E-state index in [0.29, 0.717) is 5.75 Å². The Hall–Kier alpha value is -4.46. The summed E-state index contributed by atoms with van der Waals surface area (Å²) in [4.78, 5) is 36.0. The average Bonchev–Trinajstić information content (AvgIpc) is 2.78. The molecule has 0 aliphatic carbocycles. The predicted octanol–water partition coefficient (Wildman–Crippen LogP) is 5.64. The number of esters is 1. The lowest BCUT2D eigenvalue weighted by atomic mass is 10.1. The number of carbonyl (C=O) groups is 1. The van der Waals surface area contributed by atoms with Crippen LogP contribution in [0.3, 0.4) is 0 Å². The fourth-order valence-electron chi connectivity index (χ4n) is 3.37. The van der Waals surface area contributed by atoms with Gasteiger partial charge in [0.2, 0.25) is 11.2 Å². The van der Waals surface area contributed by atoms with Crippen molar-refractivity contribution >= 4 is 22.6 Å². The lowest BCUT2D eigenvalue weighted by molar-refractivity contribution is -0.385. The Morgan fingerprint density at radius 2 is 1.79 bits per heavy atom. The predicted molar refractivity (Wildman–Crippen MR) is 121 cm³/mol. The molecular formula is C25H19NO7. The monoisotopic (exact) mass is 445 g/mol. The van der Waals surface area contributed by atoms with E-state index in [1.54, 1.807) is 0 Å². The van der Waals surface area contributed by atoms with E-state index < -0.39 is 10.9 Å². The van der Waals surface area contributed by atoms with Crippen LogP contribution < -0.4 is 14.9 Å². The highest BCUT2D eigenvalue weighted by molar-refractivity contribution is 5.94. The Morgan fingerprint density at radius 3 is 2.55 bits per heavy atom. The standard InChI is InChI=1S/C25H19NO7/c1-14-7-8-15(2)21(11-14)33-23-13-31-22-12-17(9-10-19(22)24(23)27)32-25(28)18-5-4-6-20(16(18)3)26(29)30/h4-13H,1-3H3. The maximum absolute atomic E-state index is 12.9. The molecule has 3 aromatic carbocycles. The van der Waals surface area contributed by atoms with Gasteiger partial charge in [-0.25, -0.2) is 4.79 Å². The highest BCUT2D eigenvalue weighted by atomic mass is 16.6. The van der Waals surface area contributed by atoms with Gasteiger partial charge in [-0.05, 0) is 56.2 Å². The fraction of sp³-hybridized carbons (Fsp3) is 0.120. The summed E-state index contributed by atoms with van der Waals surface area (Å²) in [6.45, 7) is 5.28. The minimum Gasteiger partial charge on any atom is -0.460 e. The fourth-order valence-corrected chi connectivity index (χ4v) is 3.37. The van der Waals surface area contributed by atoms with E-state index in [0.717, 1.165) is 11.1 Å². The number of fused-ring (bicyclic) bond motifs is 1. The Balaban J connectivity index is 1.62. The van der Waals surface area contributed by atoms with Gasteiger partial charge in [0.05, 0.1) is 15.9 Å². The second-order valence-electron chi connectivity index (χ2n) is 7.55. The Kier molecular flexibility index (Phi) is 5.66. The summed E-state index contributed by atoms with van der Waals surface area (Å²) in [5.74, 6) is -0.0368. The summed E-state index contributed by atoms with van der Waals surface area (Å²) in [7, 11) is 0. The maximum Gasteiger partial charge on any atom is 0.344 e. The van der Waals surface area contributed by atoms with E-state index in [-0.39, 0.29) is 44.7 Å². The van der Waals surface area contributed by atoms with Crippen LogP contribution in [0.25, 0.3) is 11.0 Å². The zero-order valence-corrected chi connectivity index (χ0v) is 18.1. The van der Waals surface area contributed by atoms with Gasteiger partial charge < -0.3 is 13.9 Å². The van der Waals surface area contributed by atoms with Crippen LogP contribution >= 0.6 is 0 Å². The van der Waals surface area contributed by atoms with Gasteiger partial charge in [-0.15, -0.1) is 0 Å². The molecule has 0 N–H and O–H groups in total. The number of carbonyl (C=O) groups excluding carboxylic acids is 1. The van der Waals surface area contributed by atoms with Crippen molar-refractivity contribution in [2.45, 2.75) is 20.8 Å². The molecule has 0 aliphatic heterocycles. The number of nitro benzene ring substituents is 1. The van der Waals surface area contributed by atoms with Crippen molar-refractivity contribution in [1.29, 1.82) is 0 Å². The van der Waals surface area contributed by atoms with Crippen LogP contribution in [0.1, 0.15) is 27.0 Å². The van der Waals surface area contributed by atoms with Gasteiger partial charge >= 0.3 is 5.97 Å². The smallest absolute Gasteiger partial charge is 0.344 e. The van der Waals surface area contributed by atoms with Crippen LogP contribution in [0, 0.1) is 30.9 Å². The van der Waals surface area contributed by atoms with E-state index >= 15 is 0 Å². The number of aryl methyl sites for hydroxylation is 2. The van der Waals surface area contributed by atoms with Crippen molar-refractivity contribution in [3.05, 3.63) is 103 Å². The molecular weight excluding hydrogens is 426 g/mol. The van der Waals surface area contributed by atoms with Gasteiger partial charge in [-0.2, -0.15) is 0 Å². The van der Waals surface area contributed by atoms with Gasteiger partial charge in [0.25, 0.3) is 5.69 Å². The minimum atomic E-state index is -0.757. The summed E-state index contributed by atoms with van der Waals surface area (Å²) in [6, 6.07) is 14.2. The molecule has 1 heterocycles. The molecule has 8 heteroatoms. The van der Waals surface area contributed by atoms with Crippen LogP contribution in [0.15, 0.2) is 70.1 Å². The zero-order chi connectivity index (χ0) is 23.7. The molecule has 0 bridgehead atoms. The Labute approximate surface area is 188 Å². The first kappa shape index (κ1) is 21.8. The quantitative estimate of drug-likeness (QED) is 0.169. The van der Waals surface area contributed by atoms with Crippen LogP contribution in [0.5, 0.6) is 17.2 Å². The first-order valence-corrected chi connectivity index (χ1v) is 10.0. The van der Waals surface area contributed by atoms with Gasteiger partial charge in [-0.1, -0.05) is 18.2 Å². The van der Waals surface area contributed by atoms with Crippen LogP contribution in [0.2, 0.25) is 0 Å². The molecule has 0 amide bonds. The highest BCUT2D eigenvalue weighted by Gasteiger charge is 2.20. The van der Waals surface area contributed by atoms with Gasteiger partial charge in [-0.3, -0.25) is 14.9 Å². The number of hydrogen-bond acceptors (Lipinski definition) is 7. The second kappa shape index (κ2) is 8.58. The third kappa shape index (κ3) is 4.31. The molecule has 0 unspecified atom stereocenters. The highest BCUT2D eigenvalue weighted by Crippen LogP contribution is 2.28. The first-order chi connectivity index (χ1) is 15.7. The number of rotatable bonds is 5. The van der Waals surface area contributed by atoms with Gasteiger partial charge in [0, 0.05) is 17.7 Å². The van der Waals surface area contributed by atoms with Crippen LogP contribution in [0.4, 0.5) is 5.69 Å². The molecule has 0 saturated carbocycles. The van der Waals surface area contributed by atoms with E-state index in [2.05, 4.69) is 0 Å². The molecule has 0 atom stereocenters. The topological polar surface area (TPSA) is 109 Å². The number of benzene rings is 3. The van der Waals surface area contributed by atoms with Crippen molar-refractivity contribution in [3.63, 3.8) is 0 Å². The molecule has 0 aliphatic rings. The van der Waals surface area contributed by atoms with E-state index in [9.17, 15) is 19.7 Å². The second-order valence-corrected chi connectivity index (χ2v) is 7.55. The molecule has 4 aromatic rings. The molecule has 4 rings (SSSR count). The summed E-state index contributed by atoms with van der Waals surface area (Å²) < 4.78 is 16.7. The van der Waals surface area contributed by atoms with E-state index in [4.69, 9.17) is 13.9 Å². The van der Waals surface area contributed by atoms with Crippen molar-refractivity contribution < 1.29 is 23.6 Å². The normalized spacial score (nSPS) is 10.8. The summed E-state index contributed by atoms with van der Waals surface area (Å²) in [5.41, 5.74) is 1.80. The molecule has 8 nitrogen and oxygen atoms in total. The zero-order valence-electron chi connectivity index (χ0n) is 18.1. The lowest BCUT2D eigenvalue weighted by Gasteiger charge is -2.10. The third-order valence-corrected chi connectivity index (χ3v) is 5.21. The molecule has 0 fully saturated rings. The number of nitro groups is 1. The largest absolute Gasteiger partial charge is 0.460 e. The SMILES string of the molecule is Cc1ccc(C)c(Oc2coc3cc(OC(=O)c4cccc([N+](=O)[O-])c4C)ccc3c2=O)c1. The van der Waals surface area contributed by atoms with E-state index in [1.165, 1.54) is 49.6 Å². The average molecular weight is 445 g/mol. The Morgan fingerprint density at radius 1 is 1.00 bits per heavy atom. The summed E-state index contributed by atoms with van der Waals surface area (Å²) in [6.07, 6.45) is 1.21. The molecule has 33 heavy (non-hydrogen) atoms. The van der Waals surface area contributed by atoms with Crippen molar-refractivity contribution in [2.75, 3.05) is 0 Å². The third-order valence-electron chi connectivity index (χ3n) is 5.21. The molecule has 0 saturated heterocycles. The van der Waals surface area contributed by atoms with Crippen LogP contribution in [-0.4, -0.2) is 10.9 Å². The van der Waals surface area contributed by atoms with Crippen molar-refractivity contribution in [1.82, 2.24) is 0 Å². The van der Waals surface area contributed by atoms with E-state index in [1.807, 2.05) is 32.0 Å². The first-order valence-electron chi connectivity index (χ1n) is 10.0. The molecule has 166 valence electrons. The minimum absolute atomic E-state index is 0.0353. The summed E-state index contributed by atoms with van der Waals surface area (Å²) >= 11 is 0. The number of nitrogens with zero attached hydrogens (tertiary/aromatic N) is 1. The lowest BCUT2D eigenvalue weighted by Crippen LogP contribution is -2.11. The maximum atomic E-state index is 12.9. The molecule has 0 spiro atoms. The number of ether oxygens (including phenoxy) is 2. The van der Waals surface area contributed by atoms with Crippen molar-refractivity contribution in [2.24, 2.45) is 0 Å². The number of hydrogen-bond donors (Lipinski definition) is 0. The summed E-state index contributed by atoms with van der Waals surface area (Å²) in [5, 5.41) is 11.4. The Bertz CT molecular complexity index is 1470. The van der Waals surface area contributed by atoms with Crippen LogP contribution in [-0.2, 0) is 0 Å².